The zero-order chi connectivity index (χ0) is 17.5. The number of hydrogen-bond acceptors (Lipinski definition) is 5. The van der Waals surface area contributed by atoms with Crippen molar-refractivity contribution in [1.29, 1.82) is 0 Å². The SMILES string of the molecule is CCCOC(C)C(=Nc1ccc(CC)cc1[N+](=O)[O-])n1ccnc1. The molecule has 2 rings (SSSR count). The fourth-order valence-electron chi connectivity index (χ4n) is 2.28. The van der Waals surface area contributed by atoms with Crippen LogP contribution in [0.5, 0.6) is 0 Å². The van der Waals surface area contributed by atoms with Gasteiger partial charge >= 0.3 is 0 Å². The zero-order valence-electron chi connectivity index (χ0n) is 14.2. The molecule has 0 amide bonds. The van der Waals surface area contributed by atoms with Gasteiger partial charge < -0.3 is 4.74 Å². The molecule has 1 aromatic carbocycles. The molecule has 24 heavy (non-hydrogen) atoms. The van der Waals surface area contributed by atoms with Gasteiger partial charge in [-0.2, -0.15) is 0 Å². The number of nitro benzene ring substituents is 1. The fourth-order valence-corrected chi connectivity index (χ4v) is 2.28. The van der Waals surface area contributed by atoms with Gasteiger partial charge in [0.2, 0.25) is 0 Å². The molecule has 2 aromatic rings. The van der Waals surface area contributed by atoms with Crippen LogP contribution in [0.25, 0.3) is 0 Å². The van der Waals surface area contributed by atoms with Crippen molar-refractivity contribution in [2.45, 2.75) is 39.7 Å². The van der Waals surface area contributed by atoms with Crippen LogP contribution in [-0.4, -0.2) is 33.0 Å². The van der Waals surface area contributed by atoms with Gasteiger partial charge in [0, 0.05) is 25.1 Å². The topological polar surface area (TPSA) is 82.5 Å². The van der Waals surface area contributed by atoms with Crippen LogP contribution in [0, 0.1) is 10.1 Å². The summed E-state index contributed by atoms with van der Waals surface area (Å²) in [5, 5.41) is 11.4. The lowest BCUT2D eigenvalue weighted by molar-refractivity contribution is -0.384. The van der Waals surface area contributed by atoms with Gasteiger partial charge in [0.05, 0.1) is 4.92 Å². The van der Waals surface area contributed by atoms with Crippen molar-refractivity contribution in [1.82, 2.24) is 9.55 Å². The van der Waals surface area contributed by atoms with Crippen LogP contribution in [0.2, 0.25) is 0 Å². The summed E-state index contributed by atoms with van der Waals surface area (Å²) >= 11 is 0. The first-order valence-corrected chi connectivity index (χ1v) is 8.02. The summed E-state index contributed by atoms with van der Waals surface area (Å²) in [5.74, 6) is 0.563. The molecule has 1 aromatic heterocycles. The summed E-state index contributed by atoms with van der Waals surface area (Å²) < 4.78 is 7.47. The van der Waals surface area contributed by atoms with Crippen molar-refractivity contribution in [3.05, 3.63) is 52.6 Å². The van der Waals surface area contributed by atoms with Crippen LogP contribution in [0.1, 0.15) is 32.8 Å². The Bertz CT molecular complexity index is 711. The van der Waals surface area contributed by atoms with Crippen molar-refractivity contribution in [2.75, 3.05) is 6.61 Å². The van der Waals surface area contributed by atoms with Crippen LogP contribution in [0.3, 0.4) is 0 Å². The van der Waals surface area contributed by atoms with Crippen LogP contribution < -0.4 is 0 Å². The molecule has 0 spiro atoms. The molecule has 1 atom stereocenters. The number of hydrogen-bond donors (Lipinski definition) is 0. The lowest BCUT2D eigenvalue weighted by Gasteiger charge is -2.16. The van der Waals surface area contributed by atoms with Gasteiger partial charge in [-0.1, -0.05) is 19.9 Å². The van der Waals surface area contributed by atoms with E-state index < -0.39 is 4.92 Å². The summed E-state index contributed by atoms with van der Waals surface area (Å²) in [4.78, 5) is 19.5. The lowest BCUT2D eigenvalue weighted by atomic mass is 10.1. The Labute approximate surface area is 141 Å². The molecule has 7 nitrogen and oxygen atoms in total. The maximum Gasteiger partial charge on any atom is 0.295 e. The summed E-state index contributed by atoms with van der Waals surface area (Å²) in [6.07, 6.45) is 6.29. The highest BCUT2D eigenvalue weighted by Gasteiger charge is 2.18. The second-order valence-electron chi connectivity index (χ2n) is 5.39. The molecule has 0 saturated carbocycles. The molecule has 0 bridgehead atoms. The van der Waals surface area contributed by atoms with E-state index in [4.69, 9.17) is 4.74 Å². The standard InChI is InChI=1S/C17H22N4O3/c1-4-10-24-13(3)17(20-9-8-18-12-20)19-15-7-6-14(5-2)11-16(15)21(22)23/h6-9,11-13H,4-5,10H2,1-3H3. The van der Waals surface area contributed by atoms with Crippen molar-refractivity contribution < 1.29 is 9.66 Å². The molecule has 1 unspecified atom stereocenters. The molecule has 0 N–H and O–H groups in total. The molecule has 128 valence electrons. The molecule has 0 radical (unpaired) electrons. The van der Waals surface area contributed by atoms with Crippen molar-refractivity contribution >= 4 is 17.2 Å². The van der Waals surface area contributed by atoms with Crippen molar-refractivity contribution in [3.63, 3.8) is 0 Å². The predicted molar refractivity (Wildman–Crippen MR) is 92.9 cm³/mol. The van der Waals surface area contributed by atoms with E-state index in [2.05, 4.69) is 9.98 Å². The van der Waals surface area contributed by atoms with E-state index in [0.29, 0.717) is 18.1 Å². The number of nitrogens with zero attached hydrogens (tertiary/aromatic N) is 4. The first-order valence-electron chi connectivity index (χ1n) is 8.02. The first kappa shape index (κ1) is 17.8. The second kappa shape index (κ2) is 8.35. The molecule has 0 fully saturated rings. The van der Waals surface area contributed by atoms with Gasteiger partial charge in [-0.15, -0.1) is 0 Å². The van der Waals surface area contributed by atoms with Gasteiger partial charge in [0.15, 0.2) is 0 Å². The lowest BCUT2D eigenvalue weighted by Crippen LogP contribution is -2.27. The third kappa shape index (κ3) is 4.26. The van der Waals surface area contributed by atoms with Crippen molar-refractivity contribution in [3.8, 4) is 0 Å². The van der Waals surface area contributed by atoms with E-state index in [1.165, 1.54) is 0 Å². The largest absolute Gasteiger partial charge is 0.371 e. The highest BCUT2D eigenvalue weighted by molar-refractivity contribution is 5.91. The third-order valence-corrected chi connectivity index (χ3v) is 3.58. The number of ether oxygens (including phenoxy) is 1. The third-order valence-electron chi connectivity index (χ3n) is 3.58. The number of nitro groups is 1. The average Bonchev–Trinajstić information content (AvgIpc) is 3.11. The van der Waals surface area contributed by atoms with E-state index in [1.807, 2.05) is 26.8 Å². The van der Waals surface area contributed by atoms with E-state index in [0.717, 1.165) is 18.4 Å². The van der Waals surface area contributed by atoms with Crippen molar-refractivity contribution in [2.24, 2.45) is 4.99 Å². The summed E-state index contributed by atoms with van der Waals surface area (Å²) in [7, 11) is 0. The normalized spacial score (nSPS) is 13.0. The highest BCUT2D eigenvalue weighted by atomic mass is 16.6. The minimum Gasteiger partial charge on any atom is -0.371 e. The van der Waals surface area contributed by atoms with Gasteiger partial charge in [0.25, 0.3) is 5.69 Å². The Hall–Kier alpha value is -2.54. The fraction of sp³-hybridized carbons (Fsp3) is 0.412. The Morgan fingerprint density at radius 2 is 2.25 bits per heavy atom. The summed E-state index contributed by atoms with van der Waals surface area (Å²) in [6.45, 7) is 6.45. The van der Waals surface area contributed by atoms with E-state index in [-0.39, 0.29) is 11.8 Å². The molecular formula is C17H22N4O3. The number of rotatable bonds is 7. The Kier molecular flexibility index (Phi) is 6.20. The number of aliphatic imine (C=N–C) groups is 1. The number of imidazole rings is 1. The van der Waals surface area contributed by atoms with E-state index >= 15 is 0 Å². The predicted octanol–water partition coefficient (Wildman–Crippen LogP) is 3.75. The Balaban J connectivity index is 2.48. The molecule has 7 heteroatoms. The average molecular weight is 330 g/mol. The summed E-state index contributed by atoms with van der Waals surface area (Å²) in [5.41, 5.74) is 1.21. The second-order valence-corrected chi connectivity index (χ2v) is 5.39. The number of benzene rings is 1. The molecular weight excluding hydrogens is 308 g/mol. The molecule has 0 aliphatic heterocycles. The van der Waals surface area contributed by atoms with Gasteiger partial charge in [-0.25, -0.2) is 9.98 Å². The Morgan fingerprint density at radius 3 is 2.83 bits per heavy atom. The zero-order valence-corrected chi connectivity index (χ0v) is 14.2. The number of aryl methyl sites for hydroxylation is 1. The molecule has 0 saturated heterocycles. The number of aromatic nitrogens is 2. The van der Waals surface area contributed by atoms with Gasteiger partial charge in [-0.3, -0.25) is 14.7 Å². The van der Waals surface area contributed by atoms with E-state index in [1.54, 1.807) is 35.4 Å². The molecule has 0 aliphatic carbocycles. The monoisotopic (exact) mass is 330 g/mol. The molecule has 0 aliphatic rings. The van der Waals surface area contributed by atoms with Gasteiger partial charge in [0.1, 0.15) is 24.0 Å². The smallest absolute Gasteiger partial charge is 0.295 e. The molecule has 1 heterocycles. The van der Waals surface area contributed by atoms with Crippen LogP contribution >= 0.6 is 0 Å². The minimum atomic E-state index is -0.402. The maximum atomic E-state index is 11.4. The van der Waals surface area contributed by atoms with E-state index in [9.17, 15) is 10.1 Å². The van der Waals surface area contributed by atoms with Gasteiger partial charge in [-0.05, 0) is 31.4 Å². The minimum absolute atomic E-state index is 0.00495. The maximum absolute atomic E-state index is 11.4. The quantitative estimate of drug-likeness (QED) is 0.335. The highest BCUT2D eigenvalue weighted by Crippen LogP contribution is 2.29. The van der Waals surface area contributed by atoms with Crippen LogP contribution in [0.4, 0.5) is 11.4 Å². The summed E-state index contributed by atoms with van der Waals surface area (Å²) in [6, 6.07) is 5.11. The Morgan fingerprint density at radius 1 is 1.46 bits per heavy atom. The first-order chi connectivity index (χ1) is 11.6. The van der Waals surface area contributed by atoms with Crippen LogP contribution in [0.15, 0.2) is 41.9 Å². The van der Waals surface area contributed by atoms with Crippen LogP contribution in [-0.2, 0) is 11.2 Å².